The van der Waals surface area contributed by atoms with E-state index in [1.165, 1.54) is 0 Å². The maximum absolute atomic E-state index is 12.5. The summed E-state index contributed by atoms with van der Waals surface area (Å²) in [7, 11) is 0. The van der Waals surface area contributed by atoms with E-state index in [-0.39, 0.29) is 12.0 Å². The third-order valence-corrected chi connectivity index (χ3v) is 3.98. The SMILES string of the molecule is NCC1(C(=O)N2CCCC(O)C2)CCOCC1. The Morgan fingerprint density at radius 3 is 2.76 bits per heavy atom. The predicted molar refractivity (Wildman–Crippen MR) is 63.4 cm³/mol. The maximum atomic E-state index is 12.5. The largest absolute Gasteiger partial charge is 0.391 e. The number of carbonyl (C=O) groups is 1. The first-order valence-corrected chi connectivity index (χ1v) is 6.43. The first kappa shape index (κ1) is 12.8. The number of carbonyl (C=O) groups excluding carboxylic acids is 1. The number of β-amino-alcohol motifs (C(OH)–C–C–N with tert-alkyl or cyclic N) is 1. The van der Waals surface area contributed by atoms with Crippen LogP contribution in [0.1, 0.15) is 25.7 Å². The van der Waals surface area contributed by atoms with Crippen molar-refractivity contribution in [2.24, 2.45) is 11.1 Å². The zero-order valence-corrected chi connectivity index (χ0v) is 10.2. The fraction of sp³-hybridized carbons (Fsp3) is 0.917. The van der Waals surface area contributed by atoms with Gasteiger partial charge in [0, 0.05) is 32.8 Å². The van der Waals surface area contributed by atoms with Crippen molar-refractivity contribution in [3.05, 3.63) is 0 Å². The number of nitrogens with two attached hydrogens (primary N) is 1. The number of aliphatic hydroxyl groups is 1. The Morgan fingerprint density at radius 2 is 2.18 bits per heavy atom. The lowest BCUT2D eigenvalue weighted by molar-refractivity contribution is -0.150. The molecule has 2 rings (SSSR count). The second kappa shape index (κ2) is 5.33. The lowest BCUT2D eigenvalue weighted by Crippen LogP contribution is -2.54. The molecule has 0 spiro atoms. The Kier molecular flexibility index (Phi) is 4.01. The molecule has 3 N–H and O–H groups in total. The predicted octanol–water partition coefficient (Wildman–Crippen LogP) is -0.275. The molecule has 0 bridgehead atoms. The summed E-state index contributed by atoms with van der Waals surface area (Å²) in [4.78, 5) is 14.3. The van der Waals surface area contributed by atoms with Crippen LogP contribution in [0.2, 0.25) is 0 Å². The summed E-state index contributed by atoms with van der Waals surface area (Å²) in [6.45, 7) is 2.81. The van der Waals surface area contributed by atoms with E-state index in [1.54, 1.807) is 4.90 Å². The molecule has 2 heterocycles. The molecule has 2 saturated heterocycles. The van der Waals surface area contributed by atoms with Crippen molar-refractivity contribution in [1.29, 1.82) is 0 Å². The van der Waals surface area contributed by atoms with E-state index in [0.717, 1.165) is 19.4 Å². The van der Waals surface area contributed by atoms with Crippen LogP contribution in [-0.4, -0.2) is 54.9 Å². The second-order valence-corrected chi connectivity index (χ2v) is 5.14. The van der Waals surface area contributed by atoms with E-state index in [4.69, 9.17) is 10.5 Å². The number of rotatable bonds is 2. The monoisotopic (exact) mass is 242 g/mol. The quantitative estimate of drug-likeness (QED) is 0.698. The van der Waals surface area contributed by atoms with Crippen LogP contribution in [0.25, 0.3) is 0 Å². The van der Waals surface area contributed by atoms with Crippen molar-refractivity contribution in [3.8, 4) is 0 Å². The van der Waals surface area contributed by atoms with Crippen LogP contribution in [0.15, 0.2) is 0 Å². The highest BCUT2D eigenvalue weighted by molar-refractivity contribution is 5.83. The highest BCUT2D eigenvalue weighted by Crippen LogP contribution is 2.32. The summed E-state index contributed by atoms with van der Waals surface area (Å²) in [6, 6.07) is 0. The van der Waals surface area contributed by atoms with E-state index >= 15 is 0 Å². The van der Waals surface area contributed by atoms with Gasteiger partial charge in [-0.05, 0) is 25.7 Å². The van der Waals surface area contributed by atoms with Gasteiger partial charge in [0.25, 0.3) is 0 Å². The van der Waals surface area contributed by atoms with E-state index < -0.39 is 5.41 Å². The van der Waals surface area contributed by atoms with Crippen molar-refractivity contribution in [2.45, 2.75) is 31.8 Å². The number of amides is 1. The van der Waals surface area contributed by atoms with Gasteiger partial charge in [-0.1, -0.05) is 0 Å². The molecular weight excluding hydrogens is 220 g/mol. The van der Waals surface area contributed by atoms with Crippen molar-refractivity contribution in [1.82, 2.24) is 4.90 Å². The average molecular weight is 242 g/mol. The summed E-state index contributed by atoms with van der Waals surface area (Å²) < 4.78 is 5.31. The molecule has 2 aliphatic rings. The molecule has 98 valence electrons. The van der Waals surface area contributed by atoms with Crippen molar-refractivity contribution >= 4 is 5.91 Å². The second-order valence-electron chi connectivity index (χ2n) is 5.14. The molecule has 2 fully saturated rings. The van der Waals surface area contributed by atoms with Gasteiger partial charge in [-0.3, -0.25) is 4.79 Å². The highest BCUT2D eigenvalue weighted by atomic mass is 16.5. The number of hydrogen-bond donors (Lipinski definition) is 2. The molecule has 0 aromatic carbocycles. The van der Waals surface area contributed by atoms with Gasteiger partial charge in [0.05, 0.1) is 11.5 Å². The van der Waals surface area contributed by atoms with Gasteiger partial charge in [-0.2, -0.15) is 0 Å². The molecular formula is C12H22N2O3. The van der Waals surface area contributed by atoms with Gasteiger partial charge in [-0.25, -0.2) is 0 Å². The van der Waals surface area contributed by atoms with E-state index in [2.05, 4.69) is 0 Å². The van der Waals surface area contributed by atoms with Gasteiger partial charge < -0.3 is 20.5 Å². The third kappa shape index (κ3) is 2.61. The smallest absolute Gasteiger partial charge is 0.230 e. The Labute approximate surface area is 102 Å². The summed E-state index contributed by atoms with van der Waals surface area (Å²) in [5.41, 5.74) is 5.37. The van der Waals surface area contributed by atoms with Crippen LogP contribution in [0.4, 0.5) is 0 Å². The minimum atomic E-state index is -0.449. The molecule has 1 atom stereocenters. The lowest BCUT2D eigenvalue weighted by atomic mass is 9.78. The molecule has 0 aliphatic carbocycles. The first-order valence-electron chi connectivity index (χ1n) is 6.43. The van der Waals surface area contributed by atoms with Crippen LogP contribution in [0, 0.1) is 5.41 Å². The van der Waals surface area contributed by atoms with Crippen molar-refractivity contribution in [2.75, 3.05) is 32.8 Å². The minimum Gasteiger partial charge on any atom is -0.391 e. The molecule has 0 radical (unpaired) electrons. The zero-order valence-electron chi connectivity index (χ0n) is 10.2. The van der Waals surface area contributed by atoms with Crippen LogP contribution in [0.5, 0.6) is 0 Å². The molecule has 2 aliphatic heterocycles. The Bertz CT molecular complexity index is 277. The molecule has 1 unspecified atom stereocenters. The van der Waals surface area contributed by atoms with E-state index in [0.29, 0.717) is 39.1 Å². The number of aliphatic hydroxyl groups excluding tert-OH is 1. The number of hydrogen-bond acceptors (Lipinski definition) is 4. The first-order chi connectivity index (χ1) is 8.18. The van der Waals surface area contributed by atoms with Crippen LogP contribution < -0.4 is 5.73 Å². The fourth-order valence-electron chi connectivity index (χ4n) is 2.74. The van der Waals surface area contributed by atoms with Crippen molar-refractivity contribution in [3.63, 3.8) is 0 Å². The fourth-order valence-corrected chi connectivity index (χ4v) is 2.74. The van der Waals surface area contributed by atoms with E-state index in [9.17, 15) is 9.90 Å². The molecule has 5 nitrogen and oxygen atoms in total. The number of nitrogens with zero attached hydrogens (tertiary/aromatic N) is 1. The highest BCUT2D eigenvalue weighted by Gasteiger charge is 2.42. The van der Waals surface area contributed by atoms with Crippen LogP contribution in [0.3, 0.4) is 0 Å². The molecule has 0 saturated carbocycles. The minimum absolute atomic E-state index is 0.113. The van der Waals surface area contributed by atoms with Crippen LogP contribution in [-0.2, 0) is 9.53 Å². The molecule has 0 aromatic rings. The molecule has 5 heteroatoms. The lowest BCUT2D eigenvalue weighted by Gasteiger charge is -2.41. The van der Waals surface area contributed by atoms with Gasteiger partial charge in [-0.15, -0.1) is 0 Å². The molecule has 1 amide bonds. The normalized spacial score (nSPS) is 29.1. The Hall–Kier alpha value is -0.650. The summed E-state index contributed by atoms with van der Waals surface area (Å²) in [6.07, 6.45) is 2.71. The average Bonchev–Trinajstić information content (AvgIpc) is 2.38. The summed E-state index contributed by atoms with van der Waals surface area (Å²) >= 11 is 0. The van der Waals surface area contributed by atoms with Crippen molar-refractivity contribution < 1.29 is 14.6 Å². The van der Waals surface area contributed by atoms with Gasteiger partial charge in [0.15, 0.2) is 0 Å². The Balaban J connectivity index is 2.05. The third-order valence-electron chi connectivity index (χ3n) is 3.98. The van der Waals surface area contributed by atoms with Gasteiger partial charge in [0.1, 0.15) is 0 Å². The summed E-state index contributed by atoms with van der Waals surface area (Å²) in [5.74, 6) is 0.113. The van der Waals surface area contributed by atoms with Crippen LogP contribution >= 0.6 is 0 Å². The molecule has 0 aromatic heterocycles. The molecule has 17 heavy (non-hydrogen) atoms. The summed E-state index contributed by atoms with van der Waals surface area (Å²) in [5, 5.41) is 9.63. The number of ether oxygens (including phenoxy) is 1. The zero-order chi connectivity index (χ0) is 12.3. The van der Waals surface area contributed by atoms with Gasteiger partial charge >= 0.3 is 0 Å². The standard InChI is InChI=1S/C12H22N2O3/c13-9-12(3-6-17-7-4-12)11(16)14-5-1-2-10(15)8-14/h10,15H,1-9,13H2. The number of piperidine rings is 1. The number of likely N-dealkylation sites (tertiary alicyclic amines) is 1. The van der Waals surface area contributed by atoms with Gasteiger partial charge in [0.2, 0.25) is 5.91 Å². The maximum Gasteiger partial charge on any atom is 0.230 e. The topological polar surface area (TPSA) is 75.8 Å². The Morgan fingerprint density at radius 1 is 1.47 bits per heavy atom. The van der Waals surface area contributed by atoms with E-state index in [1.807, 2.05) is 0 Å².